The van der Waals surface area contributed by atoms with Crippen molar-refractivity contribution in [2.24, 2.45) is 0 Å². The first-order chi connectivity index (χ1) is 9.67. The SMILES string of the molecule is CCc1ccc(-c2nc(Cl)c3cc(O)ccc3n2)cc1. The largest absolute Gasteiger partial charge is 0.508 e. The van der Waals surface area contributed by atoms with Gasteiger partial charge < -0.3 is 5.11 Å². The number of aromatic hydroxyl groups is 1. The van der Waals surface area contributed by atoms with Crippen LogP contribution in [0.15, 0.2) is 42.5 Å². The van der Waals surface area contributed by atoms with Gasteiger partial charge in [-0.05, 0) is 30.2 Å². The maximum absolute atomic E-state index is 9.48. The van der Waals surface area contributed by atoms with Crippen molar-refractivity contribution in [1.29, 1.82) is 0 Å². The van der Waals surface area contributed by atoms with Gasteiger partial charge >= 0.3 is 0 Å². The highest BCUT2D eigenvalue weighted by Crippen LogP contribution is 2.27. The zero-order chi connectivity index (χ0) is 14.1. The number of phenolic OH excluding ortho intramolecular Hbond substituents is 1. The Hall–Kier alpha value is -2.13. The average Bonchev–Trinajstić information content (AvgIpc) is 2.48. The van der Waals surface area contributed by atoms with Crippen LogP contribution in [0.1, 0.15) is 12.5 Å². The topological polar surface area (TPSA) is 46.0 Å². The molecule has 0 atom stereocenters. The number of hydrogen-bond acceptors (Lipinski definition) is 3. The number of halogens is 1. The molecule has 4 heteroatoms. The number of phenols is 1. The summed E-state index contributed by atoms with van der Waals surface area (Å²) < 4.78 is 0. The van der Waals surface area contributed by atoms with Crippen LogP contribution in [0.25, 0.3) is 22.3 Å². The van der Waals surface area contributed by atoms with Crippen LogP contribution in [-0.4, -0.2) is 15.1 Å². The van der Waals surface area contributed by atoms with Crippen molar-refractivity contribution < 1.29 is 5.11 Å². The Morgan fingerprint density at radius 3 is 2.50 bits per heavy atom. The minimum atomic E-state index is 0.156. The Balaban J connectivity index is 2.14. The van der Waals surface area contributed by atoms with Crippen LogP contribution in [0.2, 0.25) is 5.15 Å². The van der Waals surface area contributed by atoms with Crippen LogP contribution < -0.4 is 0 Å². The molecule has 2 aromatic carbocycles. The van der Waals surface area contributed by atoms with Gasteiger partial charge in [0.1, 0.15) is 10.9 Å². The van der Waals surface area contributed by atoms with E-state index in [1.807, 2.05) is 12.1 Å². The Kier molecular flexibility index (Phi) is 3.28. The molecule has 0 aliphatic heterocycles. The fourth-order valence-corrected chi connectivity index (χ4v) is 2.33. The molecule has 1 heterocycles. The van der Waals surface area contributed by atoms with Gasteiger partial charge in [0.2, 0.25) is 0 Å². The highest BCUT2D eigenvalue weighted by atomic mass is 35.5. The van der Waals surface area contributed by atoms with Gasteiger partial charge in [-0.15, -0.1) is 0 Å². The smallest absolute Gasteiger partial charge is 0.161 e. The molecule has 0 amide bonds. The van der Waals surface area contributed by atoms with Crippen LogP contribution in [0, 0.1) is 0 Å². The number of hydrogen-bond donors (Lipinski definition) is 1. The third-order valence-corrected chi connectivity index (χ3v) is 3.54. The van der Waals surface area contributed by atoms with Crippen molar-refractivity contribution in [1.82, 2.24) is 9.97 Å². The van der Waals surface area contributed by atoms with E-state index in [1.54, 1.807) is 18.2 Å². The summed E-state index contributed by atoms with van der Waals surface area (Å²) in [6, 6.07) is 13.0. The van der Waals surface area contributed by atoms with Crippen molar-refractivity contribution in [3.05, 3.63) is 53.2 Å². The maximum atomic E-state index is 9.48. The summed E-state index contributed by atoms with van der Waals surface area (Å²) in [6.07, 6.45) is 0.999. The number of rotatable bonds is 2. The Bertz CT molecular complexity index is 769. The predicted molar refractivity (Wildman–Crippen MR) is 81.0 cm³/mol. The lowest BCUT2D eigenvalue weighted by atomic mass is 10.1. The molecule has 0 spiro atoms. The van der Waals surface area contributed by atoms with Crippen LogP contribution >= 0.6 is 11.6 Å². The molecule has 0 bridgehead atoms. The highest BCUT2D eigenvalue weighted by Gasteiger charge is 2.08. The normalized spacial score (nSPS) is 10.9. The summed E-state index contributed by atoms with van der Waals surface area (Å²) in [4.78, 5) is 8.81. The fraction of sp³-hybridized carbons (Fsp3) is 0.125. The number of benzene rings is 2. The van der Waals surface area contributed by atoms with E-state index >= 15 is 0 Å². The summed E-state index contributed by atoms with van der Waals surface area (Å²) in [5.41, 5.74) is 2.92. The second-order valence-electron chi connectivity index (χ2n) is 4.59. The zero-order valence-electron chi connectivity index (χ0n) is 11.0. The van der Waals surface area contributed by atoms with E-state index < -0.39 is 0 Å². The van der Waals surface area contributed by atoms with Gasteiger partial charge in [-0.25, -0.2) is 9.97 Å². The number of aryl methyl sites for hydroxylation is 1. The van der Waals surface area contributed by atoms with Crippen LogP contribution in [0.3, 0.4) is 0 Å². The van der Waals surface area contributed by atoms with Crippen LogP contribution in [0.4, 0.5) is 0 Å². The molecule has 0 saturated heterocycles. The summed E-state index contributed by atoms with van der Waals surface area (Å²) >= 11 is 6.18. The molecule has 0 aliphatic rings. The molecule has 3 nitrogen and oxygen atoms in total. The second kappa shape index (κ2) is 5.10. The molecule has 1 aromatic heterocycles. The van der Waals surface area contributed by atoms with Gasteiger partial charge in [-0.2, -0.15) is 0 Å². The molecule has 3 aromatic rings. The van der Waals surface area contributed by atoms with Crippen molar-refractivity contribution >= 4 is 22.5 Å². The van der Waals surface area contributed by atoms with E-state index in [0.29, 0.717) is 16.4 Å². The highest BCUT2D eigenvalue weighted by molar-refractivity contribution is 6.34. The molecule has 1 N–H and O–H groups in total. The second-order valence-corrected chi connectivity index (χ2v) is 4.95. The van der Waals surface area contributed by atoms with Gasteiger partial charge in [0, 0.05) is 10.9 Å². The van der Waals surface area contributed by atoms with Gasteiger partial charge in [0.15, 0.2) is 5.82 Å². The molecule has 100 valence electrons. The van der Waals surface area contributed by atoms with E-state index in [2.05, 4.69) is 29.0 Å². The lowest BCUT2D eigenvalue weighted by Crippen LogP contribution is -1.92. The molecule has 0 saturated carbocycles. The van der Waals surface area contributed by atoms with E-state index in [9.17, 15) is 5.11 Å². The van der Waals surface area contributed by atoms with E-state index in [1.165, 1.54) is 5.56 Å². The van der Waals surface area contributed by atoms with Gasteiger partial charge in [-0.1, -0.05) is 42.8 Å². The van der Waals surface area contributed by atoms with Gasteiger partial charge in [0.05, 0.1) is 5.52 Å². The standard InChI is InChI=1S/C16H13ClN2O/c1-2-10-3-5-11(6-4-10)16-18-14-8-7-12(20)9-13(14)15(17)19-16/h3-9,20H,2H2,1H3. The Morgan fingerprint density at radius 1 is 1.05 bits per heavy atom. The summed E-state index contributed by atoms with van der Waals surface area (Å²) in [7, 11) is 0. The lowest BCUT2D eigenvalue weighted by molar-refractivity contribution is 0.476. The molecule has 0 radical (unpaired) electrons. The summed E-state index contributed by atoms with van der Waals surface area (Å²) in [5.74, 6) is 0.749. The summed E-state index contributed by atoms with van der Waals surface area (Å²) in [6.45, 7) is 2.12. The van der Waals surface area contributed by atoms with Crippen molar-refractivity contribution in [3.8, 4) is 17.1 Å². The molecule has 0 aliphatic carbocycles. The van der Waals surface area contributed by atoms with Gasteiger partial charge in [-0.3, -0.25) is 0 Å². The van der Waals surface area contributed by atoms with E-state index in [0.717, 1.165) is 17.5 Å². The third kappa shape index (κ3) is 2.32. The maximum Gasteiger partial charge on any atom is 0.161 e. The van der Waals surface area contributed by atoms with E-state index in [4.69, 9.17) is 11.6 Å². The molecule has 0 unspecified atom stereocenters. The first-order valence-electron chi connectivity index (χ1n) is 6.43. The molecular weight excluding hydrogens is 272 g/mol. The fourth-order valence-electron chi connectivity index (χ4n) is 2.10. The Labute approximate surface area is 121 Å². The van der Waals surface area contributed by atoms with Crippen LogP contribution in [0.5, 0.6) is 5.75 Å². The monoisotopic (exact) mass is 284 g/mol. The summed E-state index contributed by atoms with van der Waals surface area (Å²) in [5, 5.41) is 10.5. The average molecular weight is 285 g/mol. The predicted octanol–water partition coefficient (Wildman–Crippen LogP) is 4.22. The van der Waals surface area contributed by atoms with Crippen molar-refractivity contribution in [2.75, 3.05) is 0 Å². The zero-order valence-corrected chi connectivity index (χ0v) is 11.7. The number of nitrogens with zero attached hydrogens (tertiary/aromatic N) is 2. The first-order valence-corrected chi connectivity index (χ1v) is 6.81. The lowest BCUT2D eigenvalue weighted by Gasteiger charge is -2.06. The molecule has 0 fully saturated rings. The van der Waals surface area contributed by atoms with Gasteiger partial charge in [0.25, 0.3) is 0 Å². The number of fused-ring (bicyclic) bond motifs is 1. The molecular formula is C16H13ClN2O. The third-order valence-electron chi connectivity index (χ3n) is 3.25. The molecule has 20 heavy (non-hydrogen) atoms. The quantitative estimate of drug-likeness (QED) is 0.717. The minimum absolute atomic E-state index is 0.156. The first kappa shape index (κ1) is 12.9. The van der Waals surface area contributed by atoms with E-state index in [-0.39, 0.29) is 5.75 Å². The molecule has 3 rings (SSSR count). The van der Waals surface area contributed by atoms with Crippen molar-refractivity contribution in [2.45, 2.75) is 13.3 Å². The van der Waals surface area contributed by atoms with Crippen LogP contribution in [-0.2, 0) is 6.42 Å². The van der Waals surface area contributed by atoms with Crippen molar-refractivity contribution in [3.63, 3.8) is 0 Å². The number of aromatic nitrogens is 2. The Morgan fingerprint density at radius 2 is 1.80 bits per heavy atom. The minimum Gasteiger partial charge on any atom is -0.508 e.